The van der Waals surface area contributed by atoms with Crippen molar-refractivity contribution in [3.05, 3.63) is 29.8 Å². The molecule has 1 saturated heterocycles. The lowest BCUT2D eigenvalue weighted by atomic mass is 9.99. The lowest BCUT2D eigenvalue weighted by Gasteiger charge is -2.42. The van der Waals surface area contributed by atoms with Crippen molar-refractivity contribution in [3.63, 3.8) is 0 Å². The fraction of sp³-hybridized carbons (Fsp3) is 0.467. The molecular formula is C15H21N3O4S. The summed E-state index contributed by atoms with van der Waals surface area (Å²) in [6.45, 7) is 5.36. The molecule has 1 aromatic rings. The van der Waals surface area contributed by atoms with Crippen molar-refractivity contribution < 1.29 is 18.0 Å². The normalized spacial score (nSPS) is 21.7. The first-order chi connectivity index (χ1) is 10.5. The maximum atomic E-state index is 12.9. The van der Waals surface area contributed by atoms with E-state index in [4.69, 9.17) is 5.73 Å². The summed E-state index contributed by atoms with van der Waals surface area (Å²) in [6, 6.07) is 5.22. The molecule has 1 unspecified atom stereocenters. The largest absolute Gasteiger partial charge is 0.370 e. The van der Waals surface area contributed by atoms with Crippen molar-refractivity contribution in [2.45, 2.75) is 43.7 Å². The Morgan fingerprint density at radius 3 is 2.43 bits per heavy atom. The Bertz CT molecular complexity index is 726. The summed E-state index contributed by atoms with van der Waals surface area (Å²) in [5, 5.41) is 2.72. The number of aryl methyl sites for hydroxylation is 1. The molecule has 3 N–H and O–H groups in total. The van der Waals surface area contributed by atoms with E-state index in [9.17, 15) is 18.0 Å². The van der Waals surface area contributed by atoms with Gasteiger partial charge >= 0.3 is 0 Å². The van der Waals surface area contributed by atoms with E-state index in [1.807, 2.05) is 6.92 Å². The summed E-state index contributed by atoms with van der Waals surface area (Å²) in [5.74, 6) is -1.25. The van der Waals surface area contributed by atoms with Crippen LogP contribution in [0.4, 0.5) is 0 Å². The Morgan fingerprint density at radius 1 is 1.35 bits per heavy atom. The van der Waals surface area contributed by atoms with Crippen molar-refractivity contribution in [2.75, 3.05) is 6.54 Å². The summed E-state index contributed by atoms with van der Waals surface area (Å²) in [5.41, 5.74) is 5.37. The summed E-state index contributed by atoms with van der Waals surface area (Å²) < 4.78 is 26.9. The SMILES string of the molecule is Cc1ccc(S(=O)(=O)N2CC(C)(C)NC(=O)C2CC(N)=O)cc1. The van der Waals surface area contributed by atoms with Crippen LogP contribution in [-0.2, 0) is 19.6 Å². The van der Waals surface area contributed by atoms with Crippen LogP contribution in [0.3, 0.4) is 0 Å². The van der Waals surface area contributed by atoms with Crippen LogP contribution < -0.4 is 11.1 Å². The standard InChI is InChI=1S/C15H21N3O4S/c1-10-4-6-11(7-5-10)23(21,22)18-9-15(2,3)17-14(20)12(18)8-13(16)19/h4-7,12H,8-9H2,1-3H3,(H2,16,19)(H,17,20). The van der Waals surface area contributed by atoms with Gasteiger partial charge in [0.2, 0.25) is 21.8 Å². The van der Waals surface area contributed by atoms with E-state index in [-0.39, 0.29) is 17.9 Å². The number of nitrogens with one attached hydrogen (secondary N) is 1. The quantitative estimate of drug-likeness (QED) is 0.813. The molecule has 1 aromatic carbocycles. The van der Waals surface area contributed by atoms with Gasteiger partial charge in [0.25, 0.3) is 0 Å². The van der Waals surface area contributed by atoms with Crippen molar-refractivity contribution in [2.24, 2.45) is 5.73 Å². The number of rotatable bonds is 4. The molecule has 0 aliphatic carbocycles. The molecule has 2 rings (SSSR count). The maximum absolute atomic E-state index is 12.9. The highest BCUT2D eigenvalue weighted by atomic mass is 32.2. The van der Waals surface area contributed by atoms with Gasteiger partial charge < -0.3 is 11.1 Å². The van der Waals surface area contributed by atoms with Crippen LogP contribution in [0, 0.1) is 6.92 Å². The molecule has 1 aliphatic rings. The minimum atomic E-state index is -3.91. The fourth-order valence-corrected chi connectivity index (χ4v) is 4.32. The molecule has 8 heteroatoms. The number of hydrogen-bond acceptors (Lipinski definition) is 4. The number of sulfonamides is 1. The van der Waals surface area contributed by atoms with Crippen molar-refractivity contribution in [3.8, 4) is 0 Å². The summed E-state index contributed by atoms with van der Waals surface area (Å²) >= 11 is 0. The molecule has 1 atom stereocenters. The van der Waals surface area contributed by atoms with Crippen molar-refractivity contribution in [1.29, 1.82) is 0 Å². The molecule has 1 aliphatic heterocycles. The highest BCUT2D eigenvalue weighted by Gasteiger charge is 2.45. The van der Waals surface area contributed by atoms with Gasteiger partial charge in [-0.25, -0.2) is 8.42 Å². The molecule has 7 nitrogen and oxygen atoms in total. The van der Waals surface area contributed by atoms with Crippen molar-refractivity contribution in [1.82, 2.24) is 9.62 Å². The zero-order chi connectivity index (χ0) is 17.4. The average Bonchev–Trinajstić information content (AvgIpc) is 2.41. The zero-order valence-corrected chi connectivity index (χ0v) is 14.2. The van der Waals surface area contributed by atoms with Gasteiger partial charge in [0.15, 0.2) is 0 Å². The first-order valence-electron chi connectivity index (χ1n) is 7.22. The second kappa shape index (κ2) is 5.93. The number of hydrogen-bond donors (Lipinski definition) is 2. The molecule has 0 saturated carbocycles. The summed E-state index contributed by atoms with van der Waals surface area (Å²) in [4.78, 5) is 23.6. The number of carbonyl (C=O) groups is 2. The highest BCUT2D eigenvalue weighted by molar-refractivity contribution is 7.89. The Morgan fingerprint density at radius 2 is 1.91 bits per heavy atom. The smallest absolute Gasteiger partial charge is 0.243 e. The van der Waals surface area contributed by atoms with E-state index in [0.717, 1.165) is 9.87 Å². The van der Waals surface area contributed by atoms with Gasteiger partial charge in [-0.05, 0) is 32.9 Å². The molecule has 2 amide bonds. The first kappa shape index (κ1) is 17.4. The molecule has 1 heterocycles. The van der Waals surface area contributed by atoms with Crippen LogP contribution in [-0.4, -0.2) is 42.7 Å². The summed E-state index contributed by atoms with van der Waals surface area (Å²) in [7, 11) is -3.91. The van der Waals surface area contributed by atoms with E-state index in [1.165, 1.54) is 12.1 Å². The number of amides is 2. The number of nitrogens with zero attached hydrogens (tertiary/aromatic N) is 1. The third-order valence-corrected chi connectivity index (χ3v) is 5.55. The molecule has 126 valence electrons. The number of benzene rings is 1. The van der Waals surface area contributed by atoms with Crippen LogP contribution >= 0.6 is 0 Å². The monoisotopic (exact) mass is 339 g/mol. The Labute approximate surface area is 135 Å². The number of nitrogens with two attached hydrogens (primary N) is 1. The van der Waals surface area contributed by atoms with Gasteiger partial charge in [-0.2, -0.15) is 4.31 Å². The van der Waals surface area contributed by atoms with E-state index >= 15 is 0 Å². The lowest BCUT2D eigenvalue weighted by molar-refractivity contribution is -0.133. The summed E-state index contributed by atoms with van der Waals surface area (Å²) in [6.07, 6.45) is -0.354. The topological polar surface area (TPSA) is 110 Å². The van der Waals surface area contributed by atoms with Crippen LogP contribution in [0.1, 0.15) is 25.8 Å². The van der Waals surface area contributed by atoms with Gasteiger partial charge in [-0.3, -0.25) is 9.59 Å². The van der Waals surface area contributed by atoms with Gasteiger partial charge in [0, 0.05) is 12.1 Å². The average molecular weight is 339 g/mol. The molecule has 23 heavy (non-hydrogen) atoms. The molecule has 0 spiro atoms. The van der Waals surface area contributed by atoms with Gasteiger partial charge in [0.1, 0.15) is 6.04 Å². The number of carbonyl (C=O) groups excluding carboxylic acids is 2. The Kier molecular flexibility index (Phi) is 4.50. The number of piperazine rings is 1. The molecule has 0 radical (unpaired) electrons. The minimum Gasteiger partial charge on any atom is -0.370 e. The molecule has 0 bridgehead atoms. The van der Waals surface area contributed by atoms with Crippen molar-refractivity contribution >= 4 is 21.8 Å². The third-order valence-electron chi connectivity index (χ3n) is 3.69. The third kappa shape index (κ3) is 3.70. The van der Waals surface area contributed by atoms with E-state index < -0.39 is 33.4 Å². The van der Waals surface area contributed by atoms with E-state index in [1.54, 1.807) is 26.0 Å². The zero-order valence-electron chi connectivity index (χ0n) is 13.4. The molecule has 0 aromatic heterocycles. The predicted molar refractivity (Wildman–Crippen MR) is 84.9 cm³/mol. The van der Waals surface area contributed by atoms with Crippen LogP contribution in [0.15, 0.2) is 29.2 Å². The Hall–Kier alpha value is -1.93. The number of primary amides is 1. The lowest BCUT2D eigenvalue weighted by Crippen LogP contribution is -2.66. The second-order valence-corrected chi connectivity index (χ2v) is 8.31. The van der Waals surface area contributed by atoms with Gasteiger partial charge in [-0.15, -0.1) is 0 Å². The molecule has 1 fully saturated rings. The minimum absolute atomic E-state index is 0.0624. The molecular weight excluding hydrogens is 318 g/mol. The first-order valence-corrected chi connectivity index (χ1v) is 8.66. The Balaban J connectivity index is 2.47. The van der Waals surface area contributed by atoms with Gasteiger partial charge in [0.05, 0.1) is 11.3 Å². The van der Waals surface area contributed by atoms with Crippen LogP contribution in [0.5, 0.6) is 0 Å². The highest BCUT2D eigenvalue weighted by Crippen LogP contribution is 2.26. The predicted octanol–water partition coefficient (Wildman–Crippen LogP) is 0.138. The fourth-order valence-electron chi connectivity index (χ4n) is 2.57. The second-order valence-electron chi connectivity index (χ2n) is 6.42. The van der Waals surface area contributed by atoms with Crippen LogP contribution in [0.25, 0.3) is 0 Å². The van der Waals surface area contributed by atoms with Crippen LogP contribution in [0.2, 0.25) is 0 Å². The van der Waals surface area contributed by atoms with Gasteiger partial charge in [-0.1, -0.05) is 17.7 Å². The van der Waals surface area contributed by atoms with E-state index in [2.05, 4.69) is 5.32 Å². The maximum Gasteiger partial charge on any atom is 0.243 e. The van der Waals surface area contributed by atoms with E-state index in [0.29, 0.717) is 0 Å².